The van der Waals surface area contributed by atoms with E-state index in [2.05, 4.69) is 26.1 Å². The Morgan fingerprint density at radius 1 is 1.54 bits per heavy atom. The van der Waals surface area contributed by atoms with Crippen molar-refractivity contribution < 1.29 is 0 Å². The SMILES string of the molecule is CCC1CCCC1(CN)NC(C)C. The van der Waals surface area contributed by atoms with Crippen LogP contribution in [-0.2, 0) is 0 Å². The molecule has 0 amide bonds. The summed E-state index contributed by atoms with van der Waals surface area (Å²) >= 11 is 0. The molecule has 0 aromatic heterocycles. The van der Waals surface area contributed by atoms with Crippen LogP contribution >= 0.6 is 0 Å². The minimum absolute atomic E-state index is 0.253. The van der Waals surface area contributed by atoms with Crippen LogP contribution in [0.25, 0.3) is 0 Å². The Morgan fingerprint density at radius 2 is 2.23 bits per heavy atom. The molecule has 3 N–H and O–H groups in total. The van der Waals surface area contributed by atoms with Gasteiger partial charge in [0.1, 0.15) is 0 Å². The lowest BCUT2D eigenvalue weighted by molar-refractivity contribution is 0.228. The second kappa shape index (κ2) is 4.43. The molecule has 0 aromatic carbocycles. The quantitative estimate of drug-likeness (QED) is 0.700. The minimum atomic E-state index is 0.253. The van der Waals surface area contributed by atoms with E-state index in [0.717, 1.165) is 12.5 Å². The highest BCUT2D eigenvalue weighted by Gasteiger charge is 2.40. The zero-order valence-electron chi connectivity index (χ0n) is 9.27. The molecule has 0 spiro atoms. The molecule has 2 heteroatoms. The molecular formula is C11H24N2. The zero-order chi connectivity index (χ0) is 9.90. The molecule has 2 nitrogen and oxygen atoms in total. The average molecular weight is 184 g/mol. The van der Waals surface area contributed by atoms with Gasteiger partial charge in [-0.2, -0.15) is 0 Å². The van der Waals surface area contributed by atoms with Gasteiger partial charge < -0.3 is 11.1 Å². The lowest BCUT2D eigenvalue weighted by Crippen LogP contribution is -2.56. The first-order valence-electron chi connectivity index (χ1n) is 5.62. The van der Waals surface area contributed by atoms with Gasteiger partial charge in [0.15, 0.2) is 0 Å². The van der Waals surface area contributed by atoms with Crippen molar-refractivity contribution in [2.24, 2.45) is 11.7 Å². The number of hydrogen-bond acceptors (Lipinski definition) is 2. The van der Waals surface area contributed by atoms with Crippen LogP contribution in [-0.4, -0.2) is 18.1 Å². The molecule has 2 atom stereocenters. The van der Waals surface area contributed by atoms with Gasteiger partial charge in [0.25, 0.3) is 0 Å². The van der Waals surface area contributed by atoms with Crippen LogP contribution in [0.4, 0.5) is 0 Å². The molecule has 78 valence electrons. The van der Waals surface area contributed by atoms with Crippen LogP contribution in [0.15, 0.2) is 0 Å². The summed E-state index contributed by atoms with van der Waals surface area (Å²) < 4.78 is 0. The van der Waals surface area contributed by atoms with Gasteiger partial charge >= 0.3 is 0 Å². The number of nitrogens with two attached hydrogens (primary N) is 1. The molecule has 1 saturated carbocycles. The summed E-state index contributed by atoms with van der Waals surface area (Å²) in [6, 6.07) is 0.552. The van der Waals surface area contributed by atoms with E-state index < -0.39 is 0 Å². The normalized spacial score (nSPS) is 34.4. The summed E-state index contributed by atoms with van der Waals surface area (Å²) in [6.45, 7) is 7.50. The predicted molar refractivity (Wildman–Crippen MR) is 57.7 cm³/mol. The van der Waals surface area contributed by atoms with Gasteiger partial charge in [0, 0.05) is 18.1 Å². The van der Waals surface area contributed by atoms with Gasteiger partial charge in [-0.1, -0.05) is 33.6 Å². The Kier molecular flexibility index (Phi) is 3.74. The summed E-state index contributed by atoms with van der Waals surface area (Å²) in [5.41, 5.74) is 6.17. The third-order valence-electron chi connectivity index (χ3n) is 3.39. The summed E-state index contributed by atoms with van der Waals surface area (Å²) in [5.74, 6) is 0.792. The Labute approximate surface area is 82.3 Å². The average Bonchev–Trinajstić information content (AvgIpc) is 2.47. The predicted octanol–water partition coefficient (Wildman–Crippen LogP) is 1.89. The van der Waals surface area contributed by atoms with E-state index >= 15 is 0 Å². The van der Waals surface area contributed by atoms with Crippen LogP contribution < -0.4 is 11.1 Å². The standard InChI is InChI=1S/C11H24N2/c1-4-10-6-5-7-11(10,8-12)13-9(2)3/h9-10,13H,4-8,12H2,1-3H3. The second-order valence-electron chi connectivity index (χ2n) is 4.66. The minimum Gasteiger partial charge on any atom is -0.329 e. The van der Waals surface area contributed by atoms with Gasteiger partial charge in [0.2, 0.25) is 0 Å². The Balaban J connectivity index is 2.66. The Bertz CT molecular complexity index is 156. The van der Waals surface area contributed by atoms with E-state index in [1.54, 1.807) is 0 Å². The monoisotopic (exact) mass is 184 g/mol. The van der Waals surface area contributed by atoms with E-state index in [-0.39, 0.29) is 5.54 Å². The van der Waals surface area contributed by atoms with Gasteiger partial charge in [-0.15, -0.1) is 0 Å². The van der Waals surface area contributed by atoms with E-state index in [0.29, 0.717) is 6.04 Å². The third kappa shape index (κ3) is 2.23. The molecule has 1 aliphatic carbocycles. The zero-order valence-corrected chi connectivity index (χ0v) is 9.27. The van der Waals surface area contributed by atoms with Crippen molar-refractivity contribution in [1.82, 2.24) is 5.32 Å². The van der Waals surface area contributed by atoms with Crippen LogP contribution in [0.5, 0.6) is 0 Å². The molecule has 1 fully saturated rings. The molecule has 13 heavy (non-hydrogen) atoms. The molecule has 0 aliphatic heterocycles. The van der Waals surface area contributed by atoms with Crippen LogP contribution in [0.1, 0.15) is 46.5 Å². The van der Waals surface area contributed by atoms with Crippen LogP contribution in [0, 0.1) is 5.92 Å². The molecular weight excluding hydrogens is 160 g/mol. The summed E-state index contributed by atoms with van der Waals surface area (Å²) in [5, 5.41) is 3.68. The first kappa shape index (κ1) is 11.0. The molecule has 0 aromatic rings. The first-order valence-corrected chi connectivity index (χ1v) is 5.62. The maximum atomic E-state index is 5.92. The highest BCUT2D eigenvalue weighted by molar-refractivity contribution is 5.00. The molecule has 0 radical (unpaired) electrons. The Morgan fingerprint density at radius 3 is 2.69 bits per heavy atom. The van der Waals surface area contributed by atoms with Crippen molar-refractivity contribution in [3.05, 3.63) is 0 Å². The topological polar surface area (TPSA) is 38.0 Å². The van der Waals surface area contributed by atoms with Gasteiger partial charge in [-0.05, 0) is 18.8 Å². The maximum Gasteiger partial charge on any atom is 0.0334 e. The van der Waals surface area contributed by atoms with E-state index in [1.165, 1.54) is 25.7 Å². The Hall–Kier alpha value is -0.0800. The van der Waals surface area contributed by atoms with Crippen LogP contribution in [0.3, 0.4) is 0 Å². The lowest BCUT2D eigenvalue weighted by atomic mass is 9.84. The smallest absolute Gasteiger partial charge is 0.0334 e. The molecule has 1 rings (SSSR count). The van der Waals surface area contributed by atoms with E-state index in [9.17, 15) is 0 Å². The molecule has 0 heterocycles. The largest absolute Gasteiger partial charge is 0.329 e. The van der Waals surface area contributed by atoms with E-state index in [1.807, 2.05) is 0 Å². The van der Waals surface area contributed by atoms with Crippen molar-refractivity contribution in [1.29, 1.82) is 0 Å². The maximum absolute atomic E-state index is 5.92. The summed E-state index contributed by atoms with van der Waals surface area (Å²) in [7, 11) is 0. The highest BCUT2D eigenvalue weighted by Crippen LogP contribution is 2.37. The molecule has 0 bridgehead atoms. The van der Waals surface area contributed by atoms with Gasteiger partial charge in [-0.3, -0.25) is 0 Å². The van der Waals surface area contributed by atoms with Crippen LogP contribution in [0.2, 0.25) is 0 Å². The van der Waals surface area contributed by atoms with Gasteiger partial charge in [-0.25, -0.2) is 0 Å². The van der Waals surface area contributed by atoms with Crippen molar-refractivity contribution in [2.45, 2.75) is 58.0 Å². The fraction of sp³-hybridized carbons (Fsp3) is 1.00. The number of hydrogen-bond donors (Lipinski definition) is 2. The highest BCUT2D eigenvalue weighted by atomic mass is 15.0. The van der Waals surface area contributed by atoms with Gasteiger partial charge in [0.05, 0.1) is 0 Å². The molecule has 1 aliphatic rings. The summed E-state index contributed by atoms with van der Waals surface area (Å²) in [6.07, 6.45) is 5.22. The molecule has 2 unspecified atom stereocenters. The van der Waals surface area contributed by atoms with Crippen molar-refractivity contribution in [3.8, 4) is 0 Å². The van der Waals surface area contributed by atoms with Crippen molar-refractivity contribution in [2.75, 3.05) is 6.54 Å². The van der Waals surface area contributed by atoms with Crippen molar-refractivity contribution in [3.63, 3.8) is 0 Å². The second-order valence-corrected chi connectivity index (χ2v) is 4.66. The number of nitrogens with one attached hydrogen (secondary N) is 1. The van der Waals surface area contributed by atoms with Crippen molar-refractivity contribution >= 4 is 0 Å². The lowest BCUT2D eigenvalue weighted by Gasteiger charge is -2.37. The number of rotatable bonds is 4. The fourth-order valence-electron chi connectivity index (χ4n) is 2.83. The molecule has 0 saturated heterocycles. The fourth-order valence-corrected chi connectivity index (χ4v) is 2.83. The van der Waals surface area contributed by atoms with E-state index in [4.69, 9.17) is 5.73 Å². The summed E-state index contributed by atoms with van der Waals surface area (Å²) in [4.78, 5) is 0. The third-order valence-corrected chi connectivity index (χ3v) is 3.39. The first-order chi connectivity index (χ1) is 6.14.